The summed E-state index contributed by atoms with van der Waals surface area (Å²) in [6.07, 6.45) is 67.9. The van der Waals surface area contributed by atoms with Crippen LogP contribution in [0, 0.1) is 0 Å². The summed E-state index contributed by atoms with van der Waals surface area (Å²) >= 11 is 0. The summed E-state index contributed by atoms with van der Waals surface area (Å²) in [6.45, 7) is 6.43. The minimum atomic E-state index is -0.830. The van der Waals surface area contributed by atoms with Crippen LogP contribution in [0.2, 0.25) is 0 Å². The van der Waals surface area contributed by atoms with E-state index in [2.05, 4.69) is 130 Å². The molecule has 0 aliphatic carbocycles. The highest BCUT2D eigenvalue weighted by Gasteiger charge is 2.19. The van der Waals surface area contributed by atoms with Crippen LogP contribution in [-0.4, -0.2) is 37.2 Å². The number of allylic oxidation sites excluding steroid dienone is 18. The van der Waals surface area contributed by atoms with E-state index in [9.17, 15) is 14.4 Å². The molecule has 6 nitrogen and oxygen atoms in total. The van der Waals surface area contributed by atoms with Crippen molar-refractivity contribution < 1.29 is 28.6 Å². The van der Waals surface area contributed by atoms with Gasteiger partial charge in [0.1, 0.15) is 13.2 Å². The number of carbonyl (C=O) groups excluding carboxylic acids is 3. The molecule has 0 unspecified atom stereocenters. The SMILES string of the molecule is CCCCC/C=C/C/C=C/C/C=C/CCCCC(=O)OCC(COC(=O)CCCC/C=C/C/C=C/C/C=C/CCCCC)OC(=O)CCCC/C=C/C/C=C/C/C=C/CCCCC. The van der Waals surface area contributed by atoms with Gasteiger partial charge in [-0.2, -0.15) is 0 Å². The van der Waals surface area contributed by atoms with Crippen molar-refractivity contribution in [1.82, 2.24) is 0 Å². The molecule has 0 radical (unpaired) electrons. The Hall–Kier alpha value is -3.93. The van der Waals surface area contributed by atoms with E-state index in [-0.39, 0.29) is 37.5 Å². The quantitative estimate of drug-likeness (QED) is 0.0263. The predicted octanol–water partition coefficient (Wildman–Crippen LogP) is 16.8. The minimum absolute atomic E-state index is 0.128. The molecule has 0 spiro atoms. The number of esters is 3. The van der Waals surface area contributed by atoms with Crippen molar-refractivity contribution in [1.29, 1.82) is 0 Å². The highest BCUT2D eigenvalue weighted by molar-refractivity contribution is 5.71. The lowest BCUT2D eigenvalue weighted by Crippen LogP contribution is -2.30. The van der Waals surface area contributed by atoms with Crippen LogP contribution in [0.3, 0.4) is 0 Å². The molecule has 0 rings (SSSR count). The highest BCUT2D eigenvalue weighted by atomic mass is 16.6. The Morgan fingerprint density at radius 1 is 0.317 bits per heavy atom. The van der Waals surface area contributed by atoms with Crippen LogP contribution in [0.1, 0.15) is 213 Å². The zero-order valence-electron chi connectivity index (χ0n) is 40.5. The summed E-state index contributed by atoms with van der Waals surface area (Å²) < 4.78 is 16.7. The Labute approximate surface area is 387 Å². The number of ether oxygens (including phenoxy) is 3. The Balaban J connectivity index is 4.60. The smallest absolute Gasteiger partial charge is 0.306 e. The second kappa shape index (κ2) is 50.7. The molecule has 0 bridgehead atoms. The lowest BCUT2D eigenvalue weighted by molar-refractivity contribution is -0.167. The average Bonchev–Trinajstić information content (AvgIpc) is 3.28. The first-order chi connectivity index (χ1) is 31.0. The lowest BCUT2D eigenvalue weighted by atomic mass is 10.1. The van der Waals surface area contributed by atoms with Gasteiger partial charge in [0.15, 0.2) is 6.10 Å². The van der Waals surface area contributed by atoms with Crippen molar-refractivity contribution >= 4 is 17.9 Å². The molecule has 0 saturated carbocycles. The van der Waals surface area contributed by atoms with Crippen LogP contribution < -0.4 is 0 Å². The number of unbranched alkanes of at least 4 members (excludes halogenated alkanes) is 15. The molecule has 0 fully saturated rings. The third kappa shape index (κ3) is 49.0. The Bertz CT molecular complexity index is 1260. The van der Waals surface area contributed by atoms with E-state index in [0.717, 1.165) is 77.0 Å². The number of rotatable bonds is 44. The predicted molar refractivity (Wildman–Crippen MR) is 270 cm³/mol. The van der Waals surface area contributed by atoms with Crippen molar-refractivity contribution in [2.24, 2.45) is 0 Å². The molecule has 356 valence electrons. The molecule has 0 N–H and O–H groups in total. The van der Waals surface area contributed by atoms with Gasteiger partial charge in [-0.25, -0.2) is 0 Å². The number of carbonyl (C=O) groups is 3. The van der Waals surface area contributed by atoms with E-state index >= 15 is 0 Å². The molecule has 0 aromatic carbocycles. The molecule has 63 heavy (non-hydrogen) atoms. The third-order valence-corrected chi connectivity index (χ3v) is 10.2. The van der Waals surface area contributed by atoms with Gasteiger partial charge < -0.3 is 14.2 Å². The summed E-state index contributed by atoms with van der Waals surface area (Å²) in [5, 5.41) is 0. The normalized spacial score (nSPS) is 12.6. The maximum Gasteiger partial charge on any atom is 0.306 e. The Kier molecular flexibility index (Phi) is 47.5. The fourth-order valence-corrected chi connectivity index (χ4v) is 6.34. The molecule has 0 aliphatic rings. The van der Waals surface area contributed by atoms with Gasteiger partial charge in [0.25, 0.3) is 0 Å². The van der Waals surface area contributed by atoms with Gasteiger partial charge in [0.2, 0.25) is 0 Å². The lowest BCUT2D eigenvalue weighted by Gasteiger charge is -2.18. The zero-order valence-corrected chi connectivity index (χ0v) is 40.5. The fourth-order valence-electron chi connectivity index (χ4n) is 6.34. The van der Waals surface area contributed by atoms with Crippen LogP contribution in [0.5, 0.6) is 0 Å². The molecule has 0 aromatic heterocycles. The monoisotopic (exact) mass is 873 g/mol. The van der Waals surface area contributed by atoms with E-state index < -0.39 is 6.10 Å². The molecule has 6 heteroatoms. The van der Waals surface area contributed by atoms with Crippen molar-refractivity contribution in [3.63, 3.8) is 0 Å². The van der Waals surface area contributed by atoms with Gasteiger partial charge in [-0.05, 0) is 135 Å². The van der Waals surface area contributed by atoms with Crippen molar-refractivity contribution in [3.8, 4) is 0 Å². The summed E-state index contributed by atoms with van der Waals surface area (Å²) in [7, 11) is 0. The van der Waals surface area contributed by atoms with Gasteiger partial charge in [0.05, 0.1) is 0 Å². The van der Waals surface area contributed by atoms with Crippen molar-refractivity contribution in [2.45, 2.75) is 219 Å². The first kappa shape index (κ1) is 59.1. The zero-order chi connectivity index (χ0) is 45.8. The molecule has 0 atom stereocenters. The second-order valence-corrected chi connectivity index (χ2v) is 16.4. The molecular weight excluding hydrogens is 781 g/mol. The average molecular weight is 873 g/mol. The molecule has 0 saturated heterocycles. The fraction of sp³-hybridized carbons (Fsp3) is 0.632. The molecular formula is C57H92O6. The topological polar surface area (TPSA) is 78.9 Å². The van der Waals surface area contributed by atoms with E-state index in [0.29, 0.717) is 32.1 Å². The first-order valence-corrected chi connectivity index (χ1v) is 25.4. The standard InChI is InChI=1S/C57H92O6/c1-4-7-10-13-16-19-22-25-28-31-34-37-40-43-46-49-55(58)61-52-54(63-57(60)51-48-45-42-39-36-33-30-27-24-21-18-15-12-9-6-3)53-62-56(59)50-47-44-41-38-35-32-29-26-23-20-17-14-11-8-5-2/h16-21,25-30,34-39,54H,4-15,22-24,31-33,40-53H2,1-3H3/b19-16+,20-17+,21-18+,28-25+,29-26+,30-27+,37-34+,38-35+,39-36+. The van der Waals surface area contributed by atoms with Crippen molar-refractivity contribution in [3.05, 3.63) is 109 Å². The first-order valence-electron chi connectivity index (χ1n) is 25.4. The van der Waals surface area contributed by atoms with Crippen molar-refractivity contribution in [2.75, 3.05) is 13.2 Å². The maximum atomic E-state index is 12.8. The Morgan fingerprint density at radius 3 is 0.825 bits per heavy atom. The van der Waals surface area contributed by atoms with E-state index in [1.165, 1.54) is 77.0 Å². The second-order valence-electron chi connectivity index (χ2n) is 16.4. The molecule has 0 aliphatic heterocycles. The highest BCUT2D eigenvalue weighted by Crippen LogP contribution is 2.10. The van der Waals surface area contributed by atoms with Crippen LogP contribution in [0.4, 0.5) is 0 Å². The number of hydrogen-bond donors (Lipinski definition) is 0. The summed E-state index contributed by atoms with van der Waals surface area (Å²) in [5.74, 6) is -1.05. The molecule has 0 aromatic rings. The van der Waals surface area contributed by atoms with Gasteiger partial charge in [-0.15, -0.1) is 0 Å². The summed E-state index contributed by atoms with van der Waals surface area (Å²) in [6, 6.07) is 0. The van der Waals surface area contributed by atoms with Gasteiger partial charge in [-0.1, -0.05) is 169 Å². The van der Waals surface area contributed by atoms with Crippen LogP contribution in [0.25, 0.3) is 0 Å². The summed E-state index contributed by atoms with van der Waals surface area (Å²) in [4.78, 5) is 37.9. The number of hydrogen-bond acceptors (Lipinski definition) is 6. The van der Waals surface area contributed by atoms with Crippen LogP contribution in [-0.2, 0) is 28.6 Å². The third-order valence-electron chi connectivity index (χ3n) is 10.2. The summed E-state index contributed by atoms with van der Waals surface area (Å²) in [5.41, 5.74) is 0. The maximum absolute atomic E-state index is 12.8. The molecule has 0 amide bonds. The molecule has 0 heterocycles. The van der Waals surface area contributed by atoms with E-state index in [1.54, 1.807) is 0 Å². The largest absolute Gasteiger partial charge is 0.462 e. The minimum Gasteiger partial charge on any atom is -0.462 e. The van der Waals surface area contributed by atoms with Gasteiger partial charge in [-0.3, -0.25) is 14.4 Å². The van der Waals surface area contributed by atoms with Gasteiger partial charge >= 0.3 is 17.9 Å². The van der Waals surface area contributed by atoms with E-state index in [4.69, 9.17) is 14.2 Å². The van der Waals surface area contributed by atoms with Crippen LogP contribution in [0.15, 0.2) is 109 Å². The van der Waals surface area contributed by atoms with Gasteiger partial charge in [0, 0.05) is 19.3 Å². The Morgan fingerprint density at radius 2 is 0.556 bits per heavy atom. The van der Waals surface area contributed by atoms with E-state index in [1.807, 2.05) is 0 Å². The van der Waals surface area contributed by atoms with Crippen LogP contribution >= 0.6 is 0 Å².